The second-order valence-corrected chi connectivity index (χ2v) is 14.1. The molecule has 1 aliphatic carbocycles. The van der Waals surface area contributed by atoms with Crippen molar-refractivity contribution in [1.82, 2.24) is 10.6 Å². The van der Waals surface area contributed by atoms with E-state index < -0.39 is 17.3 Å². The number of nitrogens with one attached hydrogen (secondary N) is 2. The molecule has 2 N–H and O–H groups in total. The number of unbranched alkanes of at least 4 members (excludes halogenated alkanes) is 11. The highest BCUT2D eigenvalue weighted by atomic mass is 16.7. The van der Waals surface area contributed by atoms with Crippen molar-refractivity contribution in [3.8, 4) is 0 Å². The molecule has 1 unspecified atom stereocenters. The van der Waals surface area contributed by atoms with Gasteiger partial charge >= 0.3 is 5.97 Å². The molecule has 1 aliphatic heterocycles. The Labute approximate surface area is 268 Å². The first kappa shape index (κ1) is 38.3. The predicted molar refractivity (Wildman–Crippen MR) is 176 cm³/mol. The van der Waals surface area contributed by atoms with Crippen LogP contribution in [0.2, 0.25) is 0 Å². The molecule has 1 saturated heterocycles. The summed E-state index contributed by atoms with van der Waals surface area (Å²) in [6, 6.07) is 0.159. The van der Waals surface area contributed by atoms with Crippen LogP contribution < -0.4 is 10.6 Å². The van der Waals surface area contributed by atoms with E-state index in [0.717, 1.165) is 38.5 Å². The standard InChI is InChI=1S/C36H64N2O6/c1-6-7-8-9-10-11-12-13-14-15-16-17-18-19-20-21-31(39)38-29-22-24-30(25-23-29)43-32(40)26-27-37-34(41)33-35(2,3)28-42-36(4,5)44-33/h13-14,29-30,33H,6-12,15-28H2,1-5H3,(H,37,41)(H,38,39)/b14-13-. The van der Waals surface area contributed by atoms with Crippen LogP contribution in [0.4, 0.5) is 0 Å². The molecular weight excluding hydrogens is 556 g/mol. The molecular formula is C36H64N2O6. The summed E-state index contributed by atoms with van der Waals surface area (Å²) in [5.74, 6) is -1.23. The summed E-state index contributed by atoms with van der Waals surface area (Å²) >= 11 is 0. The van der Waals surface area contributed by atoms with E-state index in [-0.39, 0.29) is 42.9 Å². The third-order valence-corrected chi connectivity index (χ3v) is 8.77. The van der Waals surface area contributed by atoms with Crippen LogP contribution in [-0.4, -0.2) is 55.0 Å². The van der Waals surface area contributed by atoms with Gasteiger partial charge in [0.15, 0.2) is 5.79 Å². The van der Waals surface area contributed by atoms with Gasteiger partial charge in [-0.15, -0.1) is 0 Å². The Hall–Kier alpha value is -1.93. The van der Waals surface area contributed by atoms with Crippen LogP contribution in [-0.2, 0) is 28.6 Å². The van der Waals surface area contributed by atoms with Crippen molar-refractivity contribution in [2.45, 2.75) is 181 Å². The van der Waals surface area contributed by atoms with Crippen molar-refractivity contribution < 1.29 is 28.6 Å². The van der Waals surface area contributed by atoms with Crippen molar-refractivity contribution in [3.05, 3.63) is 12.2 Å². The van der Waals surface area contributed by atoms with Gasteiger partial charge in [-0.1, -0.05) is 84.3 Å². The zero-order valence-electron chi connectivity index (χ0n) is 28.7. The fourth-order valence-corrected chi connectivity index (χ4v) is 5.93. The lowest BCUT2D eigenvalue weighted by molar-refractivity contribution is -0.304. The highest BCUT2D eigenvalue weighted by molar-refractivity contribution is 5.82. The van der Waals surface area contributed by atoms with Gasteiger partial charge in [0.1, 0.15) is 12.2 Å². The van der Waals surface area contributed by atoms with E-state index in [1.54, 1.807) is 13.8 Å². The zero-order valence-corrected chi connectivity index (χ0v) is 28.7. The van der Waals surface area contributed by atoms with E-state index in [1.807, 2.05) is 13.8 Å². The molecule has 0 aromatic rings. The quantitative estimate of drug-likeness (QED) is 0.0775. The van der Waals surface area contributed by atoms with Crippen LogP contribution in [0.1, 0.15) is 157 Å². The Morgan fingerprint density at radius 3 is 2.02 bits per heavy atom. The monoisotopic (exact) mass is 620 g/mol. The van der Waals surface area contributed by atoms with Crippen molar-refractivity contribution in [2.24, 2.45) is 5.41 Å². The topological polar surface area (TPSA) is 103 Å². The number of hydrogen-bond donors (Lipinski definition) is 2. The number of allylic oxidation sites excluding steroid dienone is 2. The van der Waals surface area contributed by atoms with Crippen molar-refractivity contribution in [2.75, 3.05) is 13.2 Å². The minimum atomic E-state index is -0.821. The maximum atomic E-state index is 12.7. The van der Waals surface area contributed by atoms with E-state index in [1.165, 1.54) is 70.6 Å². The number of amides is 2. The SMILES string of the molecule is CCCCCCCC/C=C\CCCCCCCC(=O)NC1CCC(OC(=O)CCNC(=O)C2OC(C)(C)OCC2(C)C)CC1. The third-order valence-electron chi connectivity index (χ3n) is 8.77. The highest BCUT2D eigenvalue weighted by Gasteiger charge is 2.45. The zero-order chi connectivity index (χ0) is 32.3. The normalized spacial score (nSPS) is 22.9. The maximum Gasteiger partial charge on any atom is 0.307 e. The third kappa shape index (κ3) is 16.4. The molecule has 0 aromatic carbocycles. The average Bonchev–Trinajstić information content (AvgIpc) is 2.97. The summed E-state index contributed by atoms with van der Waals surface area (Å²) < 4.78 is 17.2. The fraction of sp³-hybridized carbons (Fsp3) is 0.861. The minimum Gasteiger partial charge on any atom is -0.462 e. The molecule has 8 heteroatoms. The van der Waals surface area contributed by atoms with Gasteiger partial charge in [-0.25, -0.2) is 0 Å². The molecule has 0 aromatic heterocycles. The molecule has 0 radical (unpaired) electrons. The van der Waals surface area contributed by atoms with E-state index >= 15 is 0 Å². The smallest absolute Gasteiger partial charge is 0.307 e. The summed E-state index contributed by atoms with van der Waals surface area (Å²) in [6.07, 6.45) is 24.0. The number of rotatable bonds is 21. The van der Waals surface area contributed by atoms with Gasteiger partial charge in [-0.05, 0) is 71.6 Å². The number of hydrogen-bond acceptors (Lipinski definition) is 6. The molecule has 0 spiro atoms. The molecule has 1 atom stereocenters. The summed E-state index contributed by atoms with van der Waals surface area (Å²) in [5.41, 5.74) is -0.460. The molecule has 1 saturated carbocycles. The van der Waals surface area contributed by atoms with Crippen LogP contribution in [0.25, 0.3) is 0 Å². The lowest BCUT2D eigenvalue weighted by Gasteiger charge is -2.44. The molecule has 8 nitrogen and oxygen atoms in total. The van der Waals surface area contributed by atoms with Crippen molar-refractivity contribution in [1.29, 1.82) is 0 Å². The molecule has 254 valence electrons. The Morgan fingerprint density at radius 1 is 0.795 bits per heavy atom. The molecule has 2 aliphatic rings. The highest BCUT2D eigenvalue weighted by Crippen LogP contribution is 2.34. The molecule has 2 amide bonds. The number of ether oxygens (including phenoxy) is 3. The molecule has 2 rings (SSSR count). The summed E-state index contributed by atoms with van der Waals surface area (Å²) in [5, 5.41) is 6.00. The fourth-order valence-electron chi connectivity index (χ4n) is 5.93. The maximum absolute atomic E-state index is 12.7. The van der Waals surface area contributed by atoms with Crippen LogP contribution >= 0.6 is 0 Å². The first-order valence-corrected chi connectivity index (χ1v) is 17.8. The molecule has 0 bridgehead atoms. The van der Waals surface area contributed by atoms with Crippen LogP contribution in [0.3, 0.4) is 0 Å². The summed E-state index contributed by atoms with van der Waals surface area (Å²) in [7, 11) is 0. The number of carbonyl (C=O) groups is 3. The first-order valence-electron chi connectivity index (χ1n) is 17.8. The van der Waals surface area contributed by atoms with E-state index in [0.29, 0.717) is 13.0 Å². The van der Waals surface area contributed by atoms with Gasteiger partial charge in [0.2, 0.25) is 11.8 Å². The van der Waals surface area contributed by atoms with Gasteiger partial charge in [0.25, 0.3) is 0 Å². The Morgan fingerprint density at radius 2 is 1.39 bits per heavy atom. The summed E-state index contributed by atoms with van der Waals surface area (Å²) in [6.45, 7) is 10.3. The Bertz CT molecular complexity index is 863. The second kappa shape index (κ2) is 21.0. The van der Waals surface area contributed by atoms with Crippen LogP contribution in [0, 0.1) is 5.41 Å². The van der Waals surface area contributed by atoms with Gasteiger partial charge in [-0.2, -0.15) is 0 Å². The van der Waals surface area contributed by atoms with Gasteiger partial charge in [0.05, 0.1) is 13.0 Å². The Balaban J connectivity index is 1.45. The van der Waals surface area contributed by atoms with E-state index in [4.69, 9.17) is 14.2 Å². The number of esters is 1. The molecule has 1 heterocycles. The minimum absolute atomic E-state index is 0.116. The number of carbonyl (C=O) groups excluding carboxylic acids is 3. The molecule has 44 heavy (non-hydrogen) atoms. The average molecular weight is 621 g/mol. The first-order chi connectivity index (χ1) is 21.0. The van der Waals surface area contributed by atoms with Crippen LogP contribution in [0.15, 0.2) is 12.2 Å². The molecule has 2 fully saturated rings. The lowest BCUT2D eigenvalue weighted by Crippen LogP contribution is -2.56. The van der Waals surface area contributed by atoms with Gasteiger partial charge in [-0.3, -0.25) is 14.4 Å². The van der Waals surface area contributed by atoms with E-state index in [2.05, 4.69) is 29.7 Å². The van der Waals surface area contributed by atoms with Crippen molar-refractivity contribution >= 4 is 17.8 Å². The van der Waals surface area contributed by atoms with Gasteiger partial charge in [0, 0.05) is 24.4 Å². The van der Waals surface area contributed by atoms with E-state index in [9.17, 15) is 14.4 Å². The largest absolute Gasteiger partial charge is 0.462 e. The predicted octanol–water partition coefficient (Wildman–Crippen LogP) is 7.68. The summed E-state index contributed by atoms with van der Waals surface area (Å²) in [4.78, 5) is 37.5. The lowest BCUT2D eigenvalue weighted by atomic mass is 9.85. The van der Waals surface area contributed by atoms with Crippen molar-refractivity contribution in [3.63, 3.8) is 0 Å². The Kier molecular flexibility index (Phi) is 18.2. The van der Waals surface area contributed by atoms with Crippen LogP contribution in [0.5, 0.6) is 0 Å². The van der Waals surface area contributed by atoms with Gasteiger partial charge < -0.3 is 24.8 Å². The second-order valence-electron chi connectivity index (χ2n) is 14.1.